The van der Waals surface area contributed by atoms with Gasteiger partial charge in [0.1, 0.15) is 0 Å². The average Bonchev–Trinajstić information content (AvgIpc) is 2.15. The molecule has 82 valence electrons. The van der Waals surface area contributed by atoms with Gasteiger partial charge in [0.15, 0.2) is 0 Å². The summed E-state index contributed by atoms with van der Waals surface area (Å²) in [5, 5.41) is -0.449. The molecule has 0 atom stereocenters. The zero-order valence-electron chi connectivity index (χ0n) is 7.56. The van der Waals surface area contributed by atoms with E-state index >= 15 is 0 Å². The number of hydrogen-bond acceptors (Lipinski definition) is 2. The van der Waals surface area contributed by atoms with E-state index in [-0.39, 0.29) is 5.56 Å². The molecule has 0 N–H and O–H groups in total. The number of carbonyl (C=O) groups excluding carboxylic acids is 1. The van der Waals surface area contributed by atoms with Crippen molar-refractivity contribution in [3.05, 3.63) is 34.3 Å². The minimum Gasteiger partial charge on any atom is -0.465 e. The molecule has 0 amide bonds. The van der Waals surface area contributed by atoms with E-state index in [0.717, 1.165) is 13.2 Å². The van der Waals surface area contributed by atoms with Crippen molar-refractivity contribution in [3.63, 3.8) is 0 Å². The predicted molar refractivity (Wildman–Crippen MR) is 47.8 cm³/mol. The first-order valence-corrected chi connectivity index (χ1v) is 4.19. The number of ether oxygens (including phenoxy) is 1. The van der Waals surface area contributed by atoms with Gasteiger partial charge in [0, 0.05) is 0 Å². The summed E-state index contributed by atoms with van der Waals surface area (Å²) in [6.45, 7) is 0. The van der Waals surface area contributed by atoms with Crippen LogP contribution in [0, 0.1) is 0 Å². The van der Waals surface area contributed by atoms with E-state index in [1.807, 2.05) is 0 Å². The standard InChI is InChI=1S/C9H6ClF3O2/c1-15-8(14)5-2-3-7(10)6(4-5)9(11,12)13/h2-4H,1H3. The van der Waals surface area contributed by atoms with Gasteiger partial charge in [0.2, 0.25) is 0 Å². The van der Waals surface area contributed by atoms with Crippen molar-refractivity contribution < 1.29 is 22.7 Å². The molecule has 15 heavy (non-hydrogen) atoms. The van der Waals surface area contributed by atoms with Crippen LogP contribution in [-0.2, 0) is 10.9 Å². The first kappa shape index (κ1) is 11.8. The molecule has 0 unspecified atom stereocenters. The van der Waals surface area contributed by atoms with Crippen LogP contribution in [0.15, 0.2) is 18.2 Å². The van der Waals surface area contributed by atoms with Crippen LogP contribution >= 0.6 is 11.6 Å². The summed E-state index contributed by atoms with van der Waals surface area (Å²) in [5.41, 5.74) is -1.23. The fourth-order valence-electron chi connectivity index (χ4n) is 0.987. The van der Waals surface area contributed by atoms with Crippen molar-refractivity contribution in [2.45, 2.75) is 6.18 Å². The monoisotopic (exact) mass is 238 g/mol. The van der Waals surface area contributed by atoms with Gasteiger partial charge in [-0.05, 0) is 18.2 Å². The lowest BCUT2D eigenvalue weighted by atomic mass is 10.1. The second kappa shape index (κ2) is 4.10. The van der Waals surface area contributed by atoms with Gasteiger partial charge < -0.3 is 4.74 Å². The summed E-state index contributed by atoms with van der Waals surface area (Å²) in [5.74, 6) is -0.836. The van der Waals surface area contributed by atoms with Crippen molar-refractivity contribution in [3.8, 4) is 0 Å². The van der Waals surface area contributed by atoms with Crippen LogP contribution in [0.4, 0.5) is 13.2 Å². The molecule has 0 radical (unpaired) electrons. The van der Waals surface area contributed by atoms with Crippen molar-refractivity contribution in [1.29, 1.82) is 0 Å². The molecule has 0 aliphatic heterocycles. The van der Waals surface area contributed by atoms with Gasteiger partial charge >= 0.3 is 12.1 Å². The molecule has 0 spiro atoms. The Balaban J connectivity index is 3.23. The second-order valence-electron chi connectivity index (χ2n) is 2.68. The molecule has 1 rings (SSSR count). The molecule has 2 nitrogen and oxygen atoms in total. The maximum absolute atomic E-state index is 12.4. The smallest absolute Gasteiger partial charge is 0.417 e. The zero-order chi connectivity index (χ0) is 11.6. The number of alkyl halides is 3. The average molecular weight is 239 g/mol. The molecular weight excluding hydrogens is 233 g/mol. The van der Waals surface area contributed by atoms with Crippen LogP contribution in [0.3, 0.4) is 0 Å². The number of benzene rings is 1. The SMILES string of the molecule is COC(=O)c1ccc(Cl)c(C(F)(F)F)c1. The number of rotatable bonds is 1. The summed E-state index contributed by atoms with van der Waals surface area (Å²) >= 11 is 5.36. The molecule has 0 saturated carbocycles. The maximum Gasteiger partial charge on any atom is 0.417 e. The van der Waals surface area contributed by atoms with Gasteiger partial charge in [-0.15, -0.1) is 0 Å². The van der Waals surface area contributed by atoms with Crippen molar-refractivity contribution in [2.75, 3.05) is 7.11 Å². The third-order valence-corrected chi connectivity index (χ3v) is 2.02. The fraction of sp³-hybridized carbons (Fsp3) is 0.222. The van der Waals surface area contributed by atoms with Crippen LogP contribution in [0.25, 0.3) is 0 Å². The lowest BCUT2D eigenvalue weighted by Gasteiger charge is -2.09. The van der Waals surface area contributed by atoms with Crippen LogP contribution in [0.1, 0.15) is 15.9 Å². The summed E-state index contributed by atoms with van der Waals surface area (Å²) in [6, 6.07) is 2.84. The maximum atomic E-state index is 12.4. The van der Waals surface area contributed by atoms with Gasteiger partial charge in [0.05, 0.1) is 23.3 Å². The first-order valence-electron chi connectivity index (χ1n) is 3.81. The van der Waals surface area contributed by atoms with Gasteiger partial charge in [-0.1, -0.05) is 11.6 Å². The topological polar surface area (TPSA) is 26.3 Å². The van der Waals surface area contributed by atoms with Gasteiger partial charge in [-0.3, -0.25) is 0 Å². The van der Waals surface area contributed by atoms with Crippen LogP contribution < -0.4 is 0 Å². The van der Waals surface area contributed by atoms with Gasteiger partial charge in [0.25, 0.3) is 0 Å². The Morgan fingerprint density at radius 3 is 2.47 bits per heavy atom. The second-order valence-corrected chi connectivity index (χ2v) is 3.09. The Bertz CT molecular complexity index is 387. The molecule has 0 aliphatic carbocycles. The lowest BCUT2D eigenvalue weighted by molar-refractivity contribution is -0.137. The van der Waals surface area contributed by atoms with Gasteiger partial charge in [-0.25, -0.2) is 4.79 Å². The Labute approximate surface area is 88.6 Å². The summed E-state index contributed by atoms with van der Waals surface area (Å²) in [4.78, 5) is 11.0. The number of hydrogen-bond donors (Lipinski definition) is 0. The Morgan fingerprint density at radius 1 is 1.40 bits per heavy atom. The summed E-state index contributed by atoms with van der Waals surface area (Å²) in [6.07, 6.45) is -4.58. The highest BCUT2D eigenvalue weighted by Crippen LogP contribution is 2.35. The number of carbonyl (C=O) groups is 1. The largest absolute Gasteiger partial charge is 0.465 e. The Hall–Kier alpha value is -1.23. The molecule has 1 aromatic rings. The number of halogens is 4. The van der Waals surface area contributed by atoms with Gasteiger partial charge in [-0.2, -0.15) is 13.2 Å². The minimum absolute atomic E-state index is 0.186. The summed E-state index contributed by atoms with van der Waals surface area (Å²) in [7, 11) is 1.09. The molecule has 0 saturated heterocycles. The third kappa shape index (κ3) is 2.62. The fourth-order valence-corrected chi connectivity index (χ4v) is 1.21. The lowest BCUT2D eigenvalue weighted by Crippen LogP contribution is -2.09. The van der Waals surface area contributed by atoms with E-state index in [2.05, 4.69) is 4.74 Å². The Morgan fingerprint density at radius 2 is 2.00 bits per heavy atom. The van der Waals surface area contributed by atoms with Crippen LogP contribution in [0.5, 0.6) is 0 Å². The quantitative estimate of drug-likeness (QED) is 0.703. The minimum atomic E-state index is -4.58. The number of methoxy groups -OCH3 is 1. The molecule has 0 heterocycles. The molecule has 0 aliphatic rings. The normalized spacial score (nSPS) is 11.3. The molecule has 6 heteroatoms. The first-order chi connectivity index (χ1) is 6.86. The zero-order valence-corrected chi connectivity index (χ0v) is 8.32. The highest BCUT2D eigenvalue weighted by atomic mass is 35.5. The van der Waals surface area contributed by atoms with Crippen LogP contribution in [0.2, 0.25) is 5.02 Å². The van der Waals surface area contributed by atoms with E-state index < -0.39 is 22.7 Å². The molecule has 0 bridgehead atoms. The van der Waals surface area contributed by atoms with Crippen molar-refractivity contribution >= 4 is 17.6 Å². The van der Waals surface area contributed by atoms with E-state index in [9.17, 15) is 18.0 Å². The van der Waals surface area contributed by atoms with Crippen LogP contribution in [-0.4, -0.2) is 13.1 Å². The molecule has 0 aromatic heterocycles. The Kier molecular flexibility index (Phi) is 3.24. The van der Waals surface area contributed by atoms with E-state index in [0.29, 0.717) is 6.07 Å². The third-order valence-electron chi connectivity index (χ3n) is 1.69. The highest BCUT2D eigenvalue weighted by Gasteiger charge is 2.33. The van der Waals surface area contributed by atoms with E-state index in [1.165, 1.54) is 6.07 Å². The predicted octanol–water partition coefficient (Wildman–Crippen LogP) is 3.15. The molecule has 1 aromatic carbocycles. The molecule has 0 fully saturated rings. The van der Waals surface area contributed by atoms with Crippen molar-refractivity contribution in [2.24, 2.45) is 0 Å². The highest BCUT2D eigenvalue weighted by molar-refractivity contribution is 6.31. The van der Waals surface area contributed by atoms with E-state index in [1.54, 1.807) is 0 Å². The summed E-state index contributed by atoms with van der Waals surface area (Å²) < 4.78 is 41.4. The van der Waals surface area contributed by atoms with E-state index in [4.69, 9.17) is 11.6 Å². The number of esters is 1. The molecular formula is C9H6ClF3O2. The van der Waals surface area contributed by atoms with Crippen molar-refractivity contribution in [1.82, 2.24) is 0 Å².